The number of benzene rings is 3. The van der Waals surface area contributed by atoms with Gasteiger partial charge in [0, 0.05) is 0 Å². The molecule has 0 aliphatic heterocycles. The predicted molar refractivity (Wildman–Crippen MR) is 209 cm³/mol. The Labute approximate surface area is 324 Å². The van der Waals surface area contributed by atoms with Crippen molar-refractivity contribution >= 4 is 53.0 Å². The normalized spacial score (nSPS) is 35.2. The van der Waals surface area contributed by atoms with Gasteiger partial charge in [0.1, 0.15) is 0 Å². The monoisotopic (exact) mass is 874 g/mol. The van der Waals surface area contributed by atoms with Crippen LogP contribution in [0.3, 0.4) is 0 Å². The fraction of sp³-hybridized carbons (Fsp3) is 0.545. The van der Waals surface area contributed by atoms with Gasteiger partial charge in [-0.05, 0) is 12.8 Å². The van der Waals surface area contributed by atoms with Crippen LogP contribution < -0.4 is 16.7 Å². The summed E-state index contributed by atoms with van der Waals surface area (Å²) in [6, 6.07) is 23.2. The topological polar surface area (TPSA) is 71.1 Å². The van der Waals surface area contributed by atoms with E-state index in [-0.39, 0.29) is 30.8 Å². The van der Waals surface area contributed by atoms with Crippen LogP contribution in [0.25, 0.3) is 11.1 Å². The molecule has 53 heavy (non-hydrogen) atoms. The summed E-state index contributed by atoms with van der Waals surface area (Å²) >= 11 is -3.88. The number of carbonyl (C=O) groups excluding carboxylic acids is 2. The Kier molecular flexibility index (Phi) is 9.53. The molecular weight excluding hydrogens is 823 g/mol. The zero-order chi connectivity index (χ0) is 36.5. The van der Waals surface area contributed by atoms with Gasteiger partial charge in [0.15, 0.2) is 0 Å². The molecule has 0 N–H and O–H groups in total. The summed E-state index contributed by atoms with van der Waals surface area (Å²) in [4.78, 5) is 26.4. The van der Waals surface area contributed by atoms with Crippen molar-refractivity contribution in [2.75, 3.05) is 13.2 Å². The summed E-state index contributed by atoms with van der Waals surface area (Å²) < 4.78 is 26.3. The first kappa shape index (κ1) is 36.2. The third kappa shape index (κ3) is 6.79. The summed E-state index contributed by atoms with van der Waals surface area (Å²) in [5.41, 5.74) is 0.981. The van der Waals surface area contributed by atoms with Gasteiger partial charge in [-0.1, -0.05) is 0 Å². The van der Waals surface area contributed by atoms with E-state index in [0.29, 0.717) is 35.2 Å². The van der Waals surface area contributed by atoms with Crippen molar-refractivity contribution in [2.24, 2.45) is 47.3 Å². The van der Waals surface area contributed by atoms with Crippen LogP contribution in [-0.4, -0.2) is 52.3 Å². The van der Waals surface area contributed by atoms with Crippen molar-refractivity contribution in [3.8, 4) is 22.6 Å². The van der Waals surface area contributed by atoms with Gasteiger partial charge in [-0.25, -0.2) is 0 Å². The molecule has 0 unspecified atom stereocenters. The molecule has 0 atom stereocenters. The van der Waals surface area contributed by atoms with Crippen molar-refractivity contribution in [3.05, 3.63) is 72.8 Å². The molecule has 6 nitrogen and oxygen atoms in total. The fourth-order valence-electron chi connectivity index (χ4n) is 11.9. The molecule has 3 aromatic rings. The molecule has 8 aliphatic carbocycles. The molecule has 0 heterocycles. The molecule has 0 amide bonds. The zero-order valence-electron chi connectivity index (χ0n) is 30.6. The van der Waals surface area contributed by atoms with E-state index < -0.39 is 21.5 Å². The van der Waals surface area contributed by atoms with E-state index in [1.807, 2.05) is 72.8 Å². The Balaban J connectivity index is 0.855. The second kappa shape index (κ2) is 13.9. The van der Waals surface area contributed by atoms with Crippen molar-refractivity contribution in [3.63, 3.8) is 0 Å². The van der Waals surface area contributed by atoms with Crippen molar-refractivity contribution in [1.82, 2.24) is 0 Å². The second-order valence-electron chi connectivity index (χ2n) is 17.5. The number of ether oxygens (including phenoxy) is 4. The summed E-state index contributed by atoms with van der Waals surface area (Å²) in [5, 5.41) is 0. The van der Waals surface area contributed by atoms with Crippen LogP contribution in [0.4, 0.5) is 0 Å². The van der Waals surface area contributed by atoms with Crippen LogP contribution in [0.1, 0.15) is 78.1 Å². The molecule has 8 aliphatic rings. The average molecular weight is 873 g/mol. The number of halogens is 2. The van der Waals surface area contributed by atoms with Crippen molar-refractivity contribution in [2.45, 2.75) is 89.3 Å². The standard InChI is InChI=1S/C44H50Cl2O6Te/c1-43(32-16-27-14-28(18-32)19-33(43)17-27)51-41(47)25-49-36-8-10-37(11-9-36)53(45,46)38-12-13-40(39(24-38)31-6-4-3-5-7-31)50-26-42(48)52-44(2)34-20-29-15-30(22-34)23-35(44)21-29/h3-13,24,27-30,32-35H,14-23,25-26H2,1-2H3. The average Bonchev–Trinajstić information content (AvgIpc) is 3.14. The van der Waals surface area contributed by atoms with Crippen molar-refractivity contribution in [1.29, 1.82) is 0 Å². The Morgan fingerprint density at radius 3 is 1.55 bits per heavy atom. The van der Waals surface area contributed by atoms with Crippen LogP contribution in [-0.2, 0) is 19.1 Å². The molecule has 8 saturated carbocycles. The molecule has 8 fully saturated rings. The molecule has 0 spiro atoms. The summed E-state index contributed by atoms with van der Waals surface area (Å²) in [6.45, 7) is 4.02. The summed E-state index contributed by atoms with van der Waals surface area (Å²) in [6.07, 6.45) is 12.1. The minimum atomic E-state index is -3.88. The Hall–Kier alpha value is -2.43. The Bertz CT molecular complexity index is 1800. The number of esters is 2. The van der Waals surface area contributed by atoms with Gasteiger partial charge in [-0.2, -0.15) is 0 Å². The quantitative estimate of drug-likeness (QED) is 0.142. The van der Waals surface area contributed by atoms with Crippen LogP contribution in [0.5, 0.6) is 11.5 Å². The van der Waals surface area contributed by atoms with E-state index in [9.17, 15) is 9.59 Å². The number of hydrogen-bond acceptors (Lipinski definition) is 6. The van der Waals surface area contributed by atoms with E-state index in [1.54, 1.807) is 0 Å². The maximum atomic E-state index is 13.3. The molecule has 0 saturated heterocycles. The molecule has 282 valence electrons. The summed E-state index contributed by atoms with van der Waals surface area (Å²) in [7, 11) is 14.6. The second-order valence-corrected chi connectivity index (χ2v) is 30.1. The molecule has 9 heteroatoms. The SMILES string of the molecule is CC1(OC(=O)COc2ccc([Te](Cl)(Cl)c3ccc(OCC(=O)OC4(C)C5CC6CC(C5)CC4C6)c(-c4ccccc4)c3)cc2)C2CC3CC(C2)CC1C3. The predicted octanol–water partition coefficient (Wildman–Crippen LogP) is 8.66. The summed E-state index contributed by atoms with van der Waals surface area (Å²) in [5.74, 6) is 5.58. The van der Waals surface area contributed by atoms with E-state index in [1.165, 1.54) is 64.2 Å². The van der Waals surface area contributed by atoms with Crippen LogP contribution >= 0.6 is 17.9 Å². The number of hydrogen-bond donors (Lipinski definition) is 0. The molecule has 11 rings (SSSR count). The first-order valence-corrected chi connectivity index (χ1v) is 27.9. The third-order valence-electron chi connectivity index (χ3n) is 14.3. The first-order valence-electron chi connectivity index (χ1n) is 19.7. The Morgan fingerprint density at radius 2 is 1.06 bits per heavy atom. The fourth-order valence-corrected chi connectivity index (χ4v) is 18.1. The van der Waals surface area contributed by atoms with Gasteiger partial charge in [-0.15, -0.1) is 0 Å². The van der Waals surface area contributed by atoms with Gasteiger partial charge in [-0.3, -0.25) is 0 Å². The van der Waals surface area contributed by atoms with E-state index in [2.05, 4.69) is 13.8 Å². The van der Waals surface area contributed by atoms with Gasteiger partial charge in [0.05, 0.1) is 0 Å². The molecule has 0 aromatic heterocycles. The van der Waals surface area contributed by atoms with E-state index >= 15 is 0 Å². The molecule has 3 aromatic carbocycles. The van der Waals surface area contributed by atoms with Crippen molar-refractivity contribution < 1.29 is 28.5 Å². The molecule has 0 radical (unpaired) electrons. The van der Waals surface area contributed by atoms with Gasteiger partial charge >= 0.3 is 314 Å². The number of rotatable bonds is 11. The first-order chi connectivity index (χ1) is 25.5. The minimum absolute atomic E-state index is 0.132. The zero-order valence-corrected chi connectivity index (χ0v) is 34.5. The maximum absolute atomic E-state index is 13.3. The van der Waals surface area contributed by atoms with Crippen LogP contribution in [0, 0.1) is 47.3 Å². The van der Waals surface area contributed by atoms with E-state index in [0.717, 1.165) is 42.0 Å². The van der Waals surface area contributed by atoms with Crippen LogP contribution in [0.2, 0.25) is 0 Å². The van der Waals surface area contributed by atoms with Gasteiger partial charge in [0.2, 0.25) is 0 Å². The van der Waals surface area contributed by atoms with E-state index in [4.69, 9.17) is 36.9 Å². The van der Waals surface area contributed by atoms with Gasteiger partial charge < -0.3 is 0 Å². The molecular formula is C44H50Cl2O6Te. The Morgan fingerprint density at radius 1 is 0.604 bits per heavy atom. The van der Waals surface area contributed by atoms with Crippen LogP contribution in [0.15, 0.2) is 72.8 Å². The van der Waals surface area contributed by atoms with Gasteiger partial charge in [0.25, 0.3) is 0 Å². The molecule has 8 bridgehead atoms. The third-order valence-corrected chi connectivity index (χ3v) is 24.0. The number of carbonyl (C=O) groups is 2.